The number of nitrogens with one attached hydrogen (secondary N) is 1. The minimum atomic E-state index is -0.487. The van der Waals surface area contributed by atoms with Crippen LogP contribution >= 0.6 is 23.4 Å². The van der Waals surface area contributed by atoms with Crippen molar-refractivity contribution in [3.05, 3.63) is 64.5 Å². The Morgan fingerprint density at radius 1 is 1.16 bits per heavy atom. The van der Waals surface area contributed by atoms with Crippen molar-refractivity contribution in [2.75, 3.05) is 24.8 Å². The number of amides is 1. The summed E-state index contributed by atoms with van der Waals surface area (Å²) >= 11 is 7.22. The maximum atomic E-state index is 12.3. The van der Waals surface area contributed by atoms with Gasteiger partial charge in [-0.2, -0.15) is 0 Å². The minimum absolute atomic E-state index is 0.0319. The Labute approximate surface area is 188 Å². The van der Waals surface area contributed by atoms with E-state index < -0.39 is 5.97 Å². The first kappa shape index (κ1) is 22.6. The van der Waals surface area contributed by atoms with Crippen molar-refractivity contribution in [3.63, 3.8) is 0 Å². The van der Waals surface area contributed by atoms with Crippen molar-refractivity contribution in [1.82, 2.24) is 10.2 Å². The molecule has 0 spiro atoms. The van der Waals surface area contributed by atoms with Crippen molar-refractivity contribution in [1.29, 1.82) is 0 Å². The molecule has 0 saturated carbocycles. The molecule has 0 aliphatic rings. The molecule has 0 atom stereocenters. The number of nitrogens with zero attached hydrogens (tertiary/aromatic N) is 2. The Bertz CT molecular complexity index is 1060. The second kappa shape index (κ2) is 10.8. The molecule has 1 amide bonds. The zero-order valence-corrected chi connectivity index (χ0v) is 18.5. The Morgan fingerprint density at radius 2 is 1.94 bits per heavy atom. The van der Waals surface area contributed by atoms with E-state index in [-0.39, 0.29) is 23.5 Å². The van der Waals surface area contributed by atoms with Gasteiger partial charge in [0.15, 0.2) is 0 Å². The number of thioether (sulfide) groups is 1. The molecule has 0 aliphatic carbocycles. The normalized spacial score (nSPS) is 10.5. The number of aromatic nitrogens is 2. The van der Waals surface area contributed by atoms with E-state index in [0.29, 0.717) is 28.6 Å². The third-order valence-corrected chi connectivity index (χ3v) is 5.19. The van der Waals surface area contributed by atoms with Gasteiger partial charge in [-0.15, -0.1) is 10.2 Å². The van der Waals surface area contributed by atoms with Crippen LogP contribution in [0.2, 0.25) is 5.02 Å². The molecule has 0 saturated heterocycles. The highest BCUT2D eigenvalue weighted by atomic mass is 35.5. The molecule has 1 N–H and O–H groups in total. The fourth-order valence-electron chi connectivity index (χ4n) is 2.56. The second-order valence-corrected chi connectivity index (χ2v) is 7.57. The van der Waals surface area contributed by atoms with Gasteiger partial charge in [-0.1, -0.05) is 35.5 Å². The van der Waals surface area contributed by atoms with Gasteiger partial charge in [0.25, 0.3) is 5.22 Å². The number of ether oxygens (including phenoxy) is 2. The largest absolute Gasteiger partial charge is 0.497 e. The van der Waals surface area contributed by atoms with E-state index in [9.17, 15) is 9.59 Å². The number of methoxy groups -OCH3 is 1. The third kappa shape index (κ3) is 6.47. The first-order chi connectivity index (χ1) is 15.0. The van der Waals surface area contributed by atoms with Crippen LogP contribution in [0.3, 0.4) is 0 Å². The van der Waals surface area contributed by atoms with Gasteiger partial charge in [0.1, 0.15) is 5.75 Å². The summed E-state index contributed by atoms with van der Waals surface area (Å²) in [4.78, 5) is 24.1. The molecule has 1 aromatic heterocycles. The number of carbonyl (C=O) groups is 2. The molecule has 1 heterocycles. The lowest BCUT2D eigenvalue weighted by molar-refractivity contribution is -0.113. The zero-order valence-electron chi connectivity index (χ0n) is 16.9. The molecular formula is C21H20ClN3O5S. The van der Waals surface area contributed by atoms with Crippen LogP contribution in [0, 0.1) is 0 Å². The topological polar surface area (TPSA) is 104 Å². The zero-order chi connectivity index (χ0) is 22.2. The molecule has 0 radical (unpaired) electrons. The number of hydrogen-bond donors (Lipinski definition) is 1. The summed E-state index contributed by atoms with van der Waals surface area (Å²) in [6, 6.07) is 12.1. The number of esters is 1. The SMILES string of the molecule is CCOC(=O)c1ccc(Cl)c(NC(=O)CSc2nnc(Cc3ccc(OC)cc3)o2)c1. The lowest BCUT2D eigenvalue weighted by Gasteiger charge is -2.08. The number of hydrogen-bond acceptors (Lipinski definition) is 8. The molecule has 0 bridgehead atoms. The van der Waals surface area contributed by atoms with Crippen LogP contribution < -0.4 is 10.1 Å². The molecule has 10 heteroatoms. The van der Waals surface area contributed by atoms with E-state index in [1.54, 1.807) is 14.0 Å². The quantitative estimate of drug-likeness (QED) is 0.373. The second-order valence-electron chi connectivity index (χ2n) is 6.24. The van der Waals surface area contributed by atoms with Crippen LogP contribution in [-0.4, -0.2) is 41.5 Å². The van der Waals surface area contributed by atoms with Gasteiger partial charge in [-0.3, -0.25) is 4.79 Å². The first-order valence-electron chi connectivity index (χ1n) is 9.33. The van der Waals surface area contributed by atoms with Crippen molar-refractivity contribution in [2.24, 2.45) is 0 Å². The van der Waals surface area contributed by atoms with Gasteiger partial charge < -0.3 is 19.2 Å². The summed E-state index contributed by atoms with van der Waals surface area (Å²) in [5.41, 5.74) is 1.62. The Kier molecular flexibility index (Phi) is 7.91. The smallest absolute Gasteiger partial charge is 0.338 e. The molecule has 31 heavy (non-hydrogen) atoms. The summed E-state index contributed by atoms with van der Waals surface area (Å²) in [6.07, 6.45) is 0.472. The van der Waals surface area contributed by atoms with Crippen LogP contribution in [0.1, 0.15) is 28.7 Å². The Balaban J connectivity index is 1.54. The van der Waals surface area contributed by atoms with Crippen molar-refractivity contribution in [3.8, 4) is 5.75 Å². The lowest BCUT2D eigenvalue weighted by Crippen LogP contribution is -2.15. The maximum Gasteiger partial charge on any atom is 0.338 e. The lowest BCUT2D eigenvalue weighted by atomic mass is 10.1. The molecule has 0 fully saturated rings. The monoisotopic (exact) mass is 461 g/mol. The highest BCUT2D eigenvalue weighted by molar-refractivity contribution is 7.99. The van der Waals surface area contributed by atoms with Gasteiger partial charge in [-0.25, -0.2) is 4.79 Å². The number of benzene rings is 2. The van der Waals surface area contributed by atoms with Gasteiger partial charge >= 0.3 is 5.97 Å². The van der Waals surface area contributed by atoms with Gasteiger partial charge in [0.05, 0.1) is 42.2 Å². The third-order valence-electron chi connectivity index (χ3n) is 4.04. The predicted molar refractivity (Wildman–Crippen MR) is 117 cm³/mol. The average molecular weight is 462 g/mol. The Morgan fingerprint density at radius 3 is 2.65 bits per heavy atom. The molecule has 8 nitrogen and oxygen atoms in total. The van der Waals surface area contributed by atoms with Crippen molar-refractivity contribution < 1.29 is 23.5 Å². The van der Waals surface area contributed by atoms with Crippen LogP contribution in [0.5, 0.6) is 5.75 Å². The Hall–Kier alpha value is -3.04. The van der Waals surface area contributed by atoms with Gasteiger partial charge in [0.2, 0.25) is 11.8 Å². The average Bonchev–Trinajstić information content (AvgIpc) is 3.22. The minimum Gasteiger partial charge on any atom is -0.497 e. The summed E-state index contributed by atoms with van der Waals surface area (Å²) < 4.78 is 15.7. The van der Waals surface area contributed by atoms with Crippen molar-refractivity contribution >= 4 is 40.9 Å². The van der Waals surface area contributed by atoms with Gasteiger partial charge in [0, 0.05) is 0 Å². The number of carbonyl (C=O) groups excluding carboxylic acids is 2. The molecule has 2 aromatic carbocycles. The summed E-state index contributed by atoms with van der Waals surface area (Å²) in [6.45, 7) is 1.97. The van der Waals surface area contributed by atoms with E-state index in [4.69, 9.17) is 25.5 Å². The van der Waals surface area contributed by atoms with E-state index in [0.717, 1.165) is 23.1 Å². The standard InChI is InChI=1S/C21H20ClN3O5S/c1-3-29-20(27)14-6-9-16(22)17(11-14)23-18(26)12-31-21-25-24-19(30-21)10-13-4-7-15(28-2)8-5-13/h4-9,11H,3,10,12H2,1-2H3,(H,23,26). The van der Waals surface area contributed by atoms with E-state index in [1.165, 1.54) is 18.2 Å². The van der Waals surface area contributed by atoms with Crippen LogP contribution in [-0.2, 0) is 16.0 Å². The fourth-order valence-corrected chi connectivity index (χ4v) is 3.31. The highest BCUT2D eigenvalue weighted by Gasteiger charge is 2.14. The van der Waals surface area contributed by atoms with Gasteiger partial charge in [-0.05, 0) is 42.8 Å². The molecule has 162 valence electrons. The molecule has 0 unspecified atom stereocenters. The van der Waals surface area contributed by atoms with Crippen molar-refractivity contribution in [2.45, 2.75) is 18.6 Å². The maximum absolute atomic E-state index is 12.3. The van der Waals surface area contributed by atoms with Crippen LogP contribution in [0.4, 0.5) is 5.69 Å². The summed E-state index contributed by atoms with van der Waals surface area (Å²) in [5, 5.41) is 11.2. The number of anilines is 1. The molecular weight excluding hydrogens is 442 g/mol. The highest BCUT2D eigenvalue weighted by Crippen LogP contribution is 2.25. The fraction of sp³-hybridized carbons (Fsp3) is 0.238. The number of rotatable bonds is 9. The molecule has 0 aliphatic heterocycles. The first-order valence-corrected chi connectivity index (χ1v) is 10.7. The summed E-state index contributed by atoms with van der Waals surface area (Å²) in [5.74, 6) is 0.425. The molecule has 3 rings (SSSR count). The van der Waals surface area contributed by atoms with Crippen LogP contribution in [0.25, 0.3) is 0 Å². The number of halogens is 1. The van der Waals surface area contributed by atoms with E-state index in [2.05, 4.69) is 15.5 Å². The summed E-state index contributed by atoms with van der Waals surface area (Å²) in [7, 11) is 1.61. The predicted octanol–water partition coefficient (Wildman–Crippen LogP) is 4.23. The van der Waals surface area contributed by atoms with Crippen LogP contribution in [0.15, 0.2) is 52.1 Å². The molecule has 3 aromatic rings. The van der Waals surface area contributed by atoms with E-state index in [1.807, 2.05) is 24.3 Å². The van der Waals surface area contributed by atoms with E-state index >= 15 is 0 Å².